The van der Waals surface area contributed by atoms with Crippen molar-refractivity contribution in [3.63, 3.8) is 0 Å². The molecular formula is C20H23N3O4S. The highest BCUT2D eigenvalue weighted by molar-refractivity contribution is 7.99. The summed E-state index contributed by atoms with van der Waals surface area (Å²) < 4.78 is 4.86. The number of amides is 3. The summed E-state index contributed by atoms with van der Waals surface area (Å²) in [4.78, 5) is 38.5. The van der Waals surface area contributed by atoms with E-state index in [1.165, 1.54) is 18.6 Å². The first-order valence-electron chi connectivity index (χ1n) is 9.11. The van der Waals surface area contributed by atoms with E-state index in [4.69, 9.17) is 4.42 Å². The topological polar surface area (TPSA) is 91.6 Å². The lowest BCUT2D eigenvalue weighted by molar-refractivity contribution is -0.130. The summed E-state index contributed by atoms with van der Waals surface area (Å²) in [6, 6.07) is 8.01. The second-order valence-corrected chi connectivity index (χ2v) is 7.79. The summed E-state index contributed by atoms with van der Waals surface area (Å²) in [7, 11) is 0. The van der Waals surface area contributed by atoms with Gasteiger partial charge >= 0.3 is 0 Å². The van der Waals surface area contributed by atoms with Gasteiger partial charge in [0, 0.05) is 30.3 Å². The van der Waals surface area contributed by atoms with Gasteiger partial charge in [-0.15, -0.1) is 0 Å². The Labute approximate surface area is 167 Å². The normalized spacial score (nSPS) is 15.0. The van der Waals surface area contributed by atoms with Gasteiger partial charge in [-0.25, -0.2) is 0 Å². The molecule has 0 spiro atoms. The molecule has 3 rings (SSSR count). The third-order valence-electron chi connectivity index (χ3n) is 4.46. The van der Waals surface area contributed by atoms with Gasteiger partial charge in [0.1, 0.15) is 12.3 Å². The first-order chi connectivity index (χ1) is 13.5. The zero-order chi connectivity index (χ0) is 19.9. The average molecular weight is 401 g/mol. The van der Waals surface area contributed by atoms with Gasteiger partial charge in [0.25, 0.3) is 5.91 Å². The van der Waals surface area contributed by atoms with Crippen LogP contribution in [-0.2, 0) is 16.0 Å². The van der Waals surface area contributed by atoms with Crippen molar-refractivity contribution in [1.29, 1.82) is 0 Å². The molecule has 1 saturated heterocycles. The highest BCUT2D eigenvalue weighted by atomic mass is 32.2. The molecule has 7 nitrogen and oxygen atoms in total. The van der Waals surface area contributed by atoms with E-state index < -0.39 is 6.04 Å². The summed E-state index contributed by atoms with van der Waals surface area (Å²) in [5, 5.41) is 5.37. The Morgan fingerprint density at radius 1 is 1.14 bits per heavy atom. The molecule has 1 aliphatic heterocycles. The number of benzene rings is 1. The van der Waals surface area contributed by atoms with Crippen LogP contribution >= 0.6 is 11.8 Å². The van der Waals surface area contributed by atoms with E-state index in [1.807, 2.05) is 28.8 Å². The molecular weight excluding hydrogens is 378 g/mol. The zero-order valence-corrected chi connectivity index (χ0v) is 16.5. The molecule has 2 aromatic rings. The van der Waals surface area contributed by atoms with Gasteiger partial charge in [-0.1, -0.05) is 12.1 Å². The highest BCUT2D eigenvalue weighted by Gasteiger charge is 2.18. The van der Waals surface area contributed by atoms with Gasteiger partial charge in [0.2, 0.25) is 11.8 Å². The number of carbonyl (C=O) groups is 3. The maximum absolute atomic E-state index is 12.3. The highest BCUT2D eigenvalue weighted by Crippen LogP contribution is 2.14. The van der Waals surface area contributed by atoms with E-state index in [9.17, 15) is 14.4 Å². The van der Waals surface area contributed by atoms with Gasteiger partial charge in [-0.2, -0.15) is 11.8 Å². The molecule has 1 fully saturated rings. The molecule has 1 aliphatic rings. The Morgan fingerprint density at radius 2 is 1.86 bits per heavy atom. The molecule has 28 heavy (non-hydrogen) atoms. The minimum Gasteiger partial charge on any atom is -0.472 e. The minimum absolute atomic E-state index is 0.132. The Morgan fingerprint density at radius 3 is 2.50 bits per heavy atom. The zero-order valence-electron chi connectivity index (χ0n) is 15.6. The van der Waals surface area contributed by atoms with E-state index in [1.54, 1.807) is 19.1 Å². The van der Waals surface area contributed by atoms with Crippen molar-refractivity contribution in [3.05, 3.63) is 54.0 Å². The quantitative estimate of drug-likeness (QED) is 0.774. The van der Waals surface area contributed by atoms with Crippen molar-refractivity contribution in [2.75, 3.05) is 29.9 Å². The van der Waals surface area contributed by atoms with Crippen molar-refractivity contribution in [1.82, 2.24) is 10.2 Å². The van der Waals surface area contributed by atoms with Crippen LogP contribution in [0.25, 0.3) is 0 Å². The summed E-state index contributed by atoms with van der Waals surface area (Å²) in [6.07, 6.45) is 3.08. The molecule has 148 valence electrons. The maximum Gasteiger partial charge on any atom is 0.255 e. The monoisotopic (exact) mass is 401 g/mol. The van der Waals surface area contributed by atoms with Crippen LogP contribution in [-0.4, -0.2) is 53.3 Å². The third-order valence-corrected chi connectivity index (χ3v) is 5.41. The minimum atomic E-state index is -0.708. The van der Waals surface area contributed by atoms with Crippen LogP contribution in [0.15, 0.2) is 47.3 Å². The van der Waals surface area contributed by atoms with Crippen LogP contribution in [0.2, 0.25) is 0 Å². The fourth-order valence-corrected chi connectivity index (χ4v) is 3.70. The van der Waals surface area contributed by atoms with Crippen LogP contribution in [0.1, 0.15) is 22.8 Å². The largest absolute Gasteiger partial charge is 0.472 e. The summed E-state index contributed by atoms with van der Waals surface area (Å²) in [5.74, 6) is 1.42. The average Bonchev–Trinajstić information content (AvgIpc) is 3.25. The molecule has 2 N–H and O–H groups in total. The van der Waals surface area contributed by atoms with Crippen molar-refractivity contribution in [3.8, 4) is 0 Å². The summed E-state index contributed by atoms with van der Waals surface area (Å²) >= 11 is 1.87. The van der Waals surface area contributed by atoms with E-state index in [0.29, 0.717) is 17.7 Å². The second-order valence-electron chi connectivity index (χ2n) is 6.56. The molecule has 1 aromatic carbocycles. The van der Waals surface area contributed by atoms with Gasteiger partial charge < -0.3 is 20.0 Å². The molecule has 0 bridgehead atoms. The van der Waals surface area contributed by atoms with Crippen molar-refractivity contribution >= 4 is 35.2 Å². The van der Waals surface area contributed by atoms with Crippen molar-refractivity contribution < 1.29 is 18.8 Å². The standard InChI is InChI=1S/C20H23N3O4S/c1-14(21-20(26)16-6-9-27-13-16)19(25)22-17-4-2-15(3-5-17)12-18(24)23-7-10-28-11-8-23/h2-6,9,13-14H,7-8,10-12H2,1H3,(H,21,26)(H,22,25). The van der Waals surface area contributed by atoms with E-state index in [0.717, 1.165) is 30.2 Å². The van der Waals surface area contributed by atoms with Gasteiger partial charge in [-0.3, -0.25) is 14.4 Å². The van der Waals surface area contributed by atoms with Crippen LogP contribution in [0.3, 0.4) is 0 Å². The Balaban J connectivity index is 1.49. The molecule has 0 saturated carbocycles. The second kappa shape index (κ2) is 9.45. The molecule has 8 heteroatoms. The molecule has 2 heterocycles. The van der Waals surface area contributed by atoms with Gasteiger partial charge in [0.05, 0.1) is 18.2 Å². The number of anilines is 1. The summed E-state index contributed by atoms with van der Waals surface area (Å²) in [5.41, 5.74) is 1.88. The van der Waals surface area contributed by atoms with Crippen molar-refractivity contribution in [2.45, 2.75) is 19.4 Å². The van der Waals surface area contributed by atoms with Crippen molar-refractivity contribution in [2.24, 2.45) is 0 Å². The number of thioether (sulfide) groups is 1. The fraction of sp³-hybridized carbons (Fsp3) is 0.350. The lowest BCUT2D eigenvalue weighted by Crippen LogP contribution is -2.41. The van der Waals surface area contributed by atoms with Crippen LogP contribution in [0, 0.1) is 0 Å². The predicted molar refractivity (Wildman–Crippen MR) is 108 cm³/mol. The number of hydrogen-bond acceptors (Lipinski definition) is 5. The third kappa shape index (κ3) is 5.39. The van der Waals surface area contributed by atoms with E-state index >= 15 is 0 Å². The molecule has 0 radical (unpaired) electrons. The van der Waals surface area contributed by atoms with Crippen LogP contribution in [0.5, 0.6) is 0 Å². The SMILES string of the molecule is CC(NC(=O)c1ccoc1)C(=O)Nc1ccc(CC(=O)N2CCSCC2)cc1. The number of furan rings is 1. The number of rotatable bonds is 6. The maximum atomic E-state index is 12.3. The number of nitrogens with zero attached hydrogens (tertiary/aromatic N) is 1. The molecule has 1 aromatic heterocycles. The Hall–Kier alpha value is -2.74. The van der Waals surface area contributed by atoms with E-state index in [-0.39, 0.29) is 17.7 Å². The molecule has 1 unspecified atom stereocenters. The van der Waals surface area contributed by atoms with Gasteiger partial charge in [-0.05, 0) is 30.7 Å². The Bertz CT molecular complexity index is 814. The molecule has 1 atom stereocenters. The first kappa shape index (κ1) is 20.0. The predicted octanol–water partition coefficient (Wildman–Crippen LogP) is 2.15. The smallest absolute Gasteiger partial charge is 0.255 e. The molecule has 3 amide bonds. The Kier molecular flexibility index (Phi) is 6.76. The first-order valence-corrected chi connectivity index (χ1v) is 10.3. The fourth-order valence-electron chi connectivity index (χ4n) is 2.79. The van der Waals surface area contributed by atoms with Crippen LogP contribution in [0.4, 0.5) is 5.69 Å². The number of hydrogen-bond donors (Lipinski definition) is 2. The number of nitrogens with one attached hydrogen (secondary N) is 2. The van der Waals surface area contributed by atoms with E-state index in [2.05, 4.69) is 10.6 Å². The lowest BCUT2D eigenvalue weighted by Gasteiger charge is -2.26. The molecule has 0 aliphatic carbocycles. The number of carbonyl (C=O) groups excluding carboxylic acids is 3. The van der Waals surface area contributed by atoms with Gasteiger partial charge in [0.15, 0.2) is 0 Å². The summed E-state index contributed by atoms with van der Waals surface area (Å²) in [6.45, 7) is 3.22. The lowest BCUT2D eigenvalue weighted by atomic mass is 10.1. The van der Waals surface area contributed by atoms with Crippen LogP contribution < -0.4 is 10.6 Å².